The first-order valence-corrected chi connectivity index (χ1v) is 10.9. The molecule has 2 aromatic heterocycles. The number of rotatable bonds is 6. The van der Waals surface area contributed by atoms with Crippen molar-refractivity contribution in [2.24, 2.45) is 0 Å². The number of hydrogen-bond donors (Lipinski definition) is 1. The first-order valence-electron chi connectivity index (χ1n) is 10.9. The van der Waals surface area contributed by atoms with Crippen LogP contribution in [0.4, 0.5) is 4.79 Å². The van der Waals surface area contributed by atoms with E-state index in [2.05, 4.69) is 29.5 Å². The molecule has 33 heavy (non-hydrogen) atoms. The number of benzene rings is 2. The van der Waals surface area contributed by atoms with Crippen molar-refractivity contribution in [2.75, 3.05) is 0 Å². The third-order valence-corrected chi connectivity index (χ3v) is 5.90. The maximum absolute atomic E-state index is 13.1. The Balaban J connectivity index is 1.57. The summed E-state index contributed by atoms with van der Waals surface area (Å²) in [6, 6.07) is 20.9. The van der Waals surface area contributed by atoms with Gasteiger partial charge in [0, 0.05) is 11.3 Å². The lowest BCUT2D eigenvalue weighted by Crippen LogP contribution is -2.45. The van der Waals surface area contributed by atoms with Crippen LogP contribution in [0.5, 0.6) is 0 Å². The van der Waals surface area contributed by atoms with Crippen molar-refractivity contribution < 1.29 is 13.7 Å². The number of hydrogen-bond acceptors (Lipinski definition) is 5. The standard InChI is InChI=1S/C26H24N4O3/c1-3-18-11-13-20(14-12-18)24-28-25(33-29-24)22-17(2)30(16-21-10-7-15-32-21)26(31)27-23(22)19-8-5-4-6-9-19/h4-15,23H,3,16H2,1-2H3,(H,27,31). The molecule has 0 aliphatic carbocycles. The van der Waals surface area contributed by atoms with Gasteiger partial charge < -0.3 is 14.3 Å². The van der Waals surface area contributed by atoms with Crippen LogP contribution in [0, 0.1) is 0 Å². The molecule has 0 fully saturated rings. The van der Waals surface area contributed by atoms with Gasteiger partial charge in [-0.15, -0.1) is 0 Å². The Morgan fingerprint density at radius 3 is 2.52 bits per heavy atom. The predicted molar refractivity (Wildman–Crippen MR) is 124 cm³/mol. The summed E-state index contributed by atoms with van der Waals surface area (Å²) in [6.07, 6.45) is 2.56. The number of urea groups is 1. The van der Waals surface area contributed by atoms with E-state index in [1.165, 1.54) is 5.56 Å². The van der Waals surface area contributed by atoms with E-state index in [-0.39, 0.29) is 6.03 Å². The molecule has 7 nitrogen and oxygen atoms in total. The second-order valence-electron chi connectivity index (χ2n) is 7.93. The van der Waals surface area contributed by atoms with Crippen molar-refractivity contribution >= 4 is 11.6 Å². The fourth-order valence-corrected chi connectivity index (χ4v) is 4.04. The highest BCUT2D eigenvalue weighted by Crippen LogP contribution is 2.37. The molecule has 2 amide bonds. The van der Waals surface area contributed by atoms with Crippen LogP contribution in [-0.4, -0.2) is 21.1 Å². The maximum atomic E-state index is 13.1. The Kier molecular flexibility index (Phi) is 5.52. The highest BCUT2D eigenvalue weighted by Gasteiger charge is 2.36. The molecule has 0 bridgehead atoms. The highest BCUT2D eigenvalue weighted by molar-refractivity contribution is 5.86. The van der Waals surface area contributed by atoms with Gasteiger partial charge in [0.25, 0.3) is 5.89 Å². The summed E-state index contributed by atoms with van der Waals surface area (Å²) >= 11 is 0. The van der Waals surface area contributed by atoms with Gasteiger partial charge in [0.2, 0.25) is 5.82 Å². The van der Waals surface area contributed by atoms with E-state index in [1.807, 2.05) is 55.5 Å². The van der Waals surface area contributed by atoms with Gasteiger partial charge in [0.15, 0.2) is 0 Å². The third kappa shape index (κ3) is 4.05. The molecular formula is C26H24N4O3. The van der Waals surface area contributed by atoms with Crippen molar-refractivity contribution in [2.45, 2.75) is 32.9 Å². The van der Waals surface area contributed by atoms with E-state index in [4.69, 9.17) is 13.9 Å². The minimum atomic E-state index is -0.415. The number of aromatic nitrogens is 2. The maximum Gasteiger partial charge on any atom is 0.322 e. The van der Waals surface area contributed by atoms with Crippen LogP contribution in [0.15, 0.2) is 87.6 Å². The summed E-state index contributed by atoms with van der Waals surface area (Å²) in [5.74, 6) is 1.57. The average Bonchev–Trinajstić information content (AvgIpc) is 3.54. The summed E-state index contributed by atoms with van der Waals surface area (Å²) in [6.45, 7) is 4.31. The fourth-order valence-electron chi connectivity index (χ4n) is 4.04. The third-order valence-electron chi connectivity index (χ3n) is 5.90. The predicted octanol–water partition coefficient (Wildman–Crippen LogP) is 5.59. The zero-order chi connectivity index (χ0) is 22.8. The number of amides is 2. The number of nitrogens with one attached hydrogen (secondary N) is 1. The van der Waals surface area contributed by atoms with E-state index in [0.29, 0.717) is 24.0 Å². The van der Waals surface area contributed by atoms with Gasteiger partial charge in [0.1, 0.15) is 5.76 Å². The van der Waals surface area contributed by atoms with Crippen molar-refractivity contribution in [3.8, 4) is 11.4 Å². The van der Waals surface area contributed by atoms with Gasteiger partial charge in [-0.05, 0) is 36.6 Å². The lowest BCUT2D eigenvalue weighted by atomic mass is 9.94. The fraction of sp³-hybridized carbons (Fsp3) is 0.192. The Hall–Kier alpha value is -4.13. The van der Waals surface area contributed by atoms with Crippen molar-refractivity contribution in [3.05, 3.63) is 101 Å². The molecule has 166 valence electrons. The Morgan fingerprint density at radius 1 is 1.03 bits per heavy atom. The zero-order valence-electron chi connectivity index (χ0n) is 18.5. The topological polar surface area (TPSA) is 84.4 Å². The molecule has 2 aromatic carbocycles. The first kappa shape index (κ1) is 20.8. The van der Waals surface area contributed by atoms with Crippen LogP contribution < -0.4 is 5.32 Å². The molecule has 4 aromatic rings. The molecule has 7 heteroatoms. The molecule has 1 aliphatic heterocycles. The molecule has 1 N–H and O–H groups in total. The van der Waals surface area contributed by atoms with Gasteiger partial charge in [-0.3, -0.25) is 4.90 Å². The quantitative estimate of drug-likeness (QED) is 0.422. The molecular weight excluding hydrogens is 416 g/mol. The van der Waals surface area contributed by atoms with Crippen LogP contribution in [-0.2, 0) is 13.0 Å². The van der Waals surface area contributed by atoms with E-state index in [0.717, 1.165) is 28.8 Å². The van der Waals surface area contributed by atoms with Gasteiger partial charge in [-0.25, -0.2) is 4.79 Å². The summed E-state index contributed by atoms with van der Waals surface area (Å²) in [7, 11) is 0. The summed E-state index contributed by atoms with van der Waals surface area (Å²) in [4.78, 5) is 19.4. The second kappa shape index (κ2) is 8.78. The smallest absolute Gasteiger partial charge is 0.322 e. The SMILES string of the molecule is CCc1ccc(-c2noc(C3=C(C)N(Cc4ccco4)C(=O)NC3c3ccccc3)n2)cc1. The van der Waals surface area contributed by atoms with Gasteiger partial charge in [-0.1, -0.05) is 66.7 Å². The minimum absolute atomic E-state index is 0.212. The number of nitrogens with zero attached hydrogens (tertiary/aromatic N) is 3. The Labute approximate surface area is 191 Å². The van der Waals surface area contributed by atoms with E-state index >= 15 is 0 Å². The largest absolute Gasteiger partial charge is 0.467 e. The molecule has 0 saturated carbocycles. The molecule has 1 unspecified atom stereocenters. The average molecular weight is 441 g/mol. The molecule has 5 rings (SSSR count). The number of aryl methyl sites for hydroxylation is 1. The summed E-state index contributed by atoms with van der Waals surface area (Å²) in [5, 5.41) is 7.33. The molecule has 1 aliphatic rings. The molecule has 0 spiro atoms. The Bertz CT molecular complexity index is 1270. The van der Waals surface area contributed by atoms with E-state index < -0.39 is 6.04 Å². The second-order valence-corrected chi connectivity index (χ2v) is 7.93. The van der Waals surface area contributed by atoms with Gasteiger partial charge in [-0.2, -0.15) is 4.98 Å². The molecule has 1 atom stereocenters. The molecule has 0 radical (unpaired) electrons. The van der Waals surface area contributed by atoms with Crippen LogP contribution in [0.2, 0.25) is 0 Å². The van der Waals surface area contributed by atoms with Gasteiger partial charge in [0.05, 0.1) is 24.4 Å². The monoisotopic (exact) mass is 440 g/mol. The highest BCUT2D eigenvalue weighted by atomic mass is 16.5. The number of allylic oxidation sites excluding steroid dienone is 1. The Morgan fingerprint density at radius 2 is 1.82 bits per heavy atom. The number of furan rings is 1. The van der Waals surface area contributed by atoms with Crippen LogP contribution in [0.3, 0.4) is 0 Å². The normalized spacial score (nSPS) is 16.2. The lowest BCUT2D eigenvalue weighted by Gasteiger charge is -2.34. The molecule has 0 saturated heterocycles. The molecule has 3 heterocycles. The van der Waals surface area contributed by atoms with Crippen LogP contribution >= 0.6 is 0 Å². The van der Waals surface area contributed by atoms with Crippen LogP contribution in [0.1, 0.15) is 42.7 Å². The summed E-state index contributed by atoms with van der Waals surface area (Å²) < 4.78 is 11.2. The number of carbonyl (C=O) groups is 1. The zero-order valence-corrected chi connectivity index (χ0v) is 18.5. The van der Waals surface area contributed by atoms with Crippen molar-refractivity contribution in [1.29, 1.82) is 0 Å². The summed E-state index contributed by atoms with van der Waals surface area (Å²) in [5.41, 5.74) is 4.56. The van der Waals surface area contributed by atoms with E-state index in [9.17, 15) is 4.79 Å². The lowest BCUT2D eigenvalue weighted by molar-refractivity contribution is 0.199. The van der Waals surface area contributed by atoms with Crippen LogP contribution in [0.25, 0.3) is 17.0 Å². The first-order chi connectivity index (χ1) is 16.1. The minimum Gasteiger partial charge on any atom is -0.467 e. The number of carbonyl (C=O) groups excluding carboxylic acids is 1. The van der Waals surface area contributed by atoms with Crippen molar-refractivity contribution in [1.82, 2.24) is 20.4 Å². The van der Waals surface area contributed by atoms with Crippen molar-refractivity contribution in [3.63, 3.8) is 0 Å². The van der Waals surface area contributed by atoms with Gasteiger partial charge >= 0.3 is 6.03 Å². The van der Waals surface area contributed by atoms with E-state index in [1.54, 1.807) is 17.2 Å².